The number of hydrogen-bond donors (Lipinski definition) is 0. The Balaban J connectivity index is 2.81. The number of ether oxygens (including phenoxy) is 1. The second-order valence-corrected chi connectivity index (χ2v) is 3.09. The van der Waals surface area contributed by atoms with Crippen molar-refractivity contribution in [1.29, 1.82) is 0 Å². The zero-order chi connectivity index (χ0) is 10.4. The predicted octanol–water partition coefficient (Wildman–Crippen LogP) is 1.43. The van der Waals surface area contributed by atoms with Crippen LogP contribution in [0.5, 0.6) is 5.75 Å². The zero-order valence-electron chi connectivity index (χ0n) is 8.69. The first-order chi connectivity index (χ1) is 6.83. The van der Waals surface area contributed by atoms with Gasteiger partial charge in [-0.1, -0.05) is 6.92 Å². The van der Waals surface area contributed by atoms with Gasteiger partial charge in [0.2, 0.25) is 0 Å². The molecule has 0 aliphatic heterocycles. The van der Waals surface area contributed by atoms with E-state index in [0.717, 1.165) is 30.7 Å². The molecule has 0 aromatic carbocycles. The van der Waals surface area contributed by atoms with Gasteiger partial charge in [-0.15, -0.1) is 0 Å². The van der Waals surface area contributed by atoms with Crippen LogP contribution < -0.4 is 4.74 Å². The normalized spacial score (nSPS) is 10.1. The number of methoxy groups -OCH3 is 1. The Hall–Kier alpha value is -1.32. The second-order valence-electron chi connectivity index (χ2n) is 3.09. The summed E-state index contributed by atoms with van der Waals surface area (Å²) in [5.74, 6) is 0.778. The maximum atomic E-state index is 10.3. The summed E-state index contributed by atoms with van der Waals surface area (Å²) < 4.78 is 7.08. The van der Waals surface area contributed by atoms with Crippen LogP contribution in [0, 0.1) is 0 Å². The molecule has 0 aliphatic carbocycles. The maximum absolute atomic E-state index is 10.3. The molecule has 78 valence electrons. The highest BCUT2D eigenvalue weighted by molar-refractivity contribution is 5.50. The van der Waals surface area contributed by atoms with Crippen LogP contribution in [-0.4, -0.2) is 23.2 Å². The SMILES string of the molecule is CCCn1ncc(OC)c1CCC=O. The first-order valence-corrected chi connectivity index (χ1v) is 4.85. The molecule has 0 aliphatic rings. The standard InChI is InChI=1S/C10H16N2O2/c1-3-6-12-9(5-4-7-13)10(14-2)8-11-12/h7-8H,3-6H2,1-2H3. The highest BCUT2D eigenvalue weighted by Gasteiger charge is 2.09. The Bertz CT molecular complexity index is 294. The summed E-state index contributed by atoms with van der Waals surface area (Å²) in [6.07, 6.45) is 4.87. The molecule has 1 heterocycles. The number of rotatable bonds is 6. The van der Waals surface area contributed by atoms with Crippen molar-refractivity contribution < 1.29 is 9.53 Å². The summed E-state index contributed by atoms with van der Waals surface area (Å²) in [6.45, 7) is 2.97. The first kappa shape index (κ1) is 10.8. The third-order valence-electron chi connectivity index (χ3n) is 2.06. The second kappa shape index (κ2) is 5.42. The Morgan fingerprint density at radius 1 is 1.64 bits per heavy atom. The molecule has 14 heavy (non-hydrogen) atoms. The van der Waals surface area contributed by atoms with Gasteiger partial charge in [0.05, 0.1) is 19.0 Å². The zero-order valence-corrected chi connectivity index (χ0v) is 8.69. The van der Waals surface area contributed by atoms with Crippen molar-refractivity contribution >= 4 is 6.29 Å². The summed E-state index contributed by atoms with van der Waals surface area (Å²) in [5, 5.41) is 4.21. The van der Waals surface area contributed by atoms with E-state index >= 15 is 0 Å². The van der Waals surface area contributed by atoms with Crippen LogP contribution in [0.1, 0.15) is 25.5 Å². The third-order valence-corrected chi connectivity index (χ3v) is 2.06. The van der Waals surface area contributed by atoms with Gasteiger partial charge in [-0.3, -0.25) is 4.68 Å². The van der Waals surface area contributed by atoms with Crippen LogP contribution in [0.3, 0.4) is 0 Å². The van der Waals surface area contributed by atoms with Crippen molar-refractivity contribution in [3.05, 3.63) is 11.9 Å². The molecule has 0 radical (unpaired) electrons. The fraction of sp³-hybridized carbons (Fsp3) is 0.600. The fourth-order valence-corrected chi connectivity index (χ4v) is 1.42. The van der Waals surface area contributed by atoms with E-state index in [1.54, 1.807) is 13.3 Å². The van der Waals surface area contributed by atoms with Gasteiger partial charge >= 0.3 is 0 Å². The van der Waals surface area contributed by atoms with Crippen molar-refractivity contribution in [2.75, 3.05) is 7.11 Å². The Morgan fingerprint density at radius 2 is 2.43 bits per heavy atom. The Labute approximate surface area is 83.9 Å². The number of aryl methyl sites for hydroxylation is 1. The highest BCUT2D eigenvalue weighted by atomic mass is 16.5. The molecule has 1 aromatic heterocycles. The van der Waals surface area contributed by atoms with Gasteiger partial charge in [0, 0.05) is 13.0 Å². The minimum Gasteiger partial charge on any atom is -0.493 e. The van der Waals surface area contributed by atoms with E-state index in [2.05, 4.69) is 12.0 Å². The number of aldehydes is 1. The molecule has 1 rings (SSSR count). The number of aromatic nitrogens is 2. The van der Waals surface area contributed by atoms with E-state index in [1.165, 1.54) is 0 Å². The molecule has 0 N–H and O–H groups in total. The number of hydrogen-bond acceptors (Lipinski definition) is 3. The molecule has 0 fully saturated rings. The first-order valence-electron chi connectivity index (χ1n) is 4.85. The minimum absolute atomic E-state index is 0.520. The van der Waals surface area contributed by atoms with Gasteiger partial charge in [-0.25, -0.2) is 0 Å². The largest absolute Gasteiger partial charge is 0.493 e. The lowest BCUT2D eigenvalue weighted by Crippen LogP contribution is -2.05. The molecule has 0 spiro atoms. The Morgan fingerprint density at radius 3 is 3.00 bits per heavy atom. The predicted molar refractivity (Wildman–Crippen MR) is 53.5 cm³/mol. The summed E-state index contributed by atoms with van der Waals surface area (Å²) in [5.41, 5.74) is 1.02. The minimum atomic E-state index is 0.520. The van der Waals surface area contributed by atoms with E-state index in [9.17, 15) is 4.79 Å². The van der Waals surface area contributed by atoms with Crippen LogP contribution in [0.25, 0.3) is 0 Å². The molecule has 4 nitrogen and oxygen atoms in total. The molecule has 0 unspecified atom stereocenters. The summed E-state index contributed by atoms with van der Waals surface area (Å²) in [4.78, 5) is 10.3. The van der Waals surface area contributed by atoms with Crippen molar-refractivity contribution in [2.24, 2.45) is 0 Å². The molecule has 0 saturated carbocycles. The maximum Gasteiger partial charge on any atom is 0.159 e. The van der Waals surface area contributed by atoms with E-state index in [0.29, 0.717) is 12.8 Å². The van der Waals surface area contributed by atoms with E-state index in [4.69, 9.17) is 4.74 Å². The van der Waals surface area contributed by atoms with Gasteiger partial charge < -0.3 is 9.53 Å². The highest BCUT2D eigenvalue weighted by Crippen LogP contribution is 2.18. The van der Waals surface area contributed by atoms with Crippen molar-refractivity contribution in [3.63, 3.8) is 0 Å². The molecule has 0 bridgehead atoms. The molecular formula is C10H16N2O2. The quantitative estimate of drug-likeness (QED) is 0.646. The number of nitrogens with zero attached hydrogens (tertiary/aromatic N) is 2. The molecule has 0 amide bonds. The van der Waals surface area contributed by atoms with Crippen LogP contribution in [0.2, 0.25) is 0 Å². The monoisotopic (exact) mass is 196 g/mol. The molecule has 0 saturated heterocycles. The lowest BCUT2D eigenvalue weighted by Gasteiger charge is -2.06. The van der Waals surface area contributed by atoms with Crippen molar-refractivity contribution in [1.82, 2.24) is 9.78 Å². The van der Waals surface area contributed by atoms with Crippen LogP contribution in [-0.2, 0) is 17.8 Å². The van der Waals surface area contributed by atoms with Gasteiger partial charge in [-0.05, 0) is 12.8 Å². The topological polar surface area (TPSA) is 44.1 Å². The van der Waals surface area contributed by atoms with Crippen LogP contribution in [0.15, 0.2) is 6.20 Å². The van der Waals surface area contributed by atoms with E-state index < -0.39 is 0 Å². The summed E-state index contributed by atoms with van der Waals surface area (Å²) in [7, 11) is 1.62. The van der Waals surface area contributed by atoms with Gasteiger partial charge in [-0.2, -0.15) is 5.10 Å². The lowest BCUT2D eigenvalue weighted by molar-refractivity contribution is -0.107. The fourth-order valence-electron chi connectivity index (χ4n) is 1.42. The van der Waals surface area contributed by atoms with Crippen molar-refractivity contribution in [2.45, 2.75) is 32.7 Å². The molecule has 4 heteroatoms. The molecule has 0 atom stereocenters. The van der Waals surface area contributed by atoms with Crippen LogP contribution in [0.4, 0.5) is 0 Å². The summed E-state index contributed by atoms with van der Waals surface area (Å²) >= 11 is 0. The van der Waals surface area contributed by atoms with Crippen LogP contribution >= 0.6 is 0 Å². The van der Waals surface area contributed by atoms with Gasteiger partial charge in [0.15, 0.2) is 5.75 Å². The van der Waals surface area contributed by atoms with E-state index in [1.807, 2.05) is 4.68 Å². The van der Waals surface area contributed by atoms with Gasteiger partial charge in [0.1, 0.15) is 6.29 Å². The average molecular weight is 196 g/mol. The van der Waals surface area contributed by atoms with Crippen molar-refractivity contribution in [3.8, 4) is 5.75 Å². The summed E-state index contributed by atoms with van der Waals surface area (Å²) in [6, 6.07) is 0. The number of carbonyl (C=O) groups is 1. The molecular weight excluding hydrogens is 180 g/mol. The molecule has 1 aromatic rings. The smallest absolute Gasteiger partial charge is 0.159 e. The third kappa shape index (κ3) is 2.34. The average Bonchev–Trinajstić information content (AvgIpc) is 2.58. The lowest BCUT2D eigenvalue weighted by atomic mass is 10.2. The number of carbonyl (C=O) groups excluding carboxylic acids is 1. The Kier molecular flexibility index (Phi) is 4.16. The van der Waals surface area contributed by atoms with Gasteiger partial charge in [0.25, 0.3) is 0 Å². The van der Waals surface area contributed by atoms with E-state index in [-0.39, 0.29) is 0 Å².